The van der Waals surface area contributed by atoms with Crippen LogP contribution in [-0.2, 0) is 10.0 Å². The van der Waals surface area contributed by atoms with Crippen LogP contribution in [-0.4, -0.2) is 65.5 Å². The molecule has 0 unspecified atom stereocenters. The molecule has 0 radical (unpaired) electrons. The number of hydrogen-bond acceptors (Lipinski definition) is 7. The SMILES string of the molecule is COc1ncnc2ccc(N3CCN(S(=O)(=O)c4cn(C(C)C)cn4)CC3)cc12. The van der Waals surface area contributed by atoms with Gasteiger partial charge < -0.3 is 14.2 Å². The standard InChI is InChI=1S/C19H24N6O3S/c1-14(2)24-11-18(22-13-24)29(26,27)25-8-6-23(7-9-25)15-4-5-17-16(10-15)19(28-3)21-12-20-17/h4-5,10-14H,6-9H2,1-3H3. The lowest BCUT2D eigenvalue weighted by atomic mass is 10.2. The Morgan fingerprint density at radius 3 is 2.48 bits per heavy atom. The summed E-state index contributed by atoms with van der Waals surface area (Å²) < 4.78 is 34.5. The van der Waals surface area contributed by atoms with E-state index in [1.807, 2.05) is 32.0 Å². The number of fused-ring (bicyclic) bond motifs is 1. The van der Waals surface area contributed by atoms with Crippen LogP contribution >= 0.6 is 0 Å². The van der Waals surface area contributed by atoms with Gasteiger partial charge in [0.2, 0.25) is 5.88 Å². The first-order valence-electron chi connectivity index (χ1n) is 9.47. The molecular formula is C19H24N6O3S. The van der Waals surface area contributed by atoms with Crippen molar-refractivity contribution in [3.8, 4) is 5.88 Å². The molecule has 10 heteroatoms. The smallest absolute Gasteiger partial charge is 0.262 e. The lowest BCUT2D eigenvalue weighted by molar-refractivity contribution is 0.383. The highest BCUT2D eigenvalue weighted by Gasteiger charge is 2.30. The summed E-state index contributed by atoms with van der Waals surface area (Å²) in [5.41, 5.74) is 1.80. The third kappa shape index (κ3) is 3.65. The van der Waals surface area contributed by atoms with Crippen molar-refractivity contribution in [3.63, 3.8) is 0 Å². The van der Waals surface area contributed by atoms with E-state index in [9.17, 15) is 8.42 Å². The molecule has 0 atom stereocenters. The van der Waals surface area contributed by atoms with Crippen molar-refractivity contribution in [2.24, 2.45) is 0 Å². The van der Waals surface area contributed by atoms with Crippen LogP contribution in [0.2, 0.25) is 0 Å². The Balaban J connectivity index is 1.51. The normalized spacial score (nSPS) is 15.9. The fourth-order valence-corrected chi connectivity index (χ4v) is 4.78. The van der Waals surface area contributed by atoms with Crippen LogP contribution in [0.3, 0.4) is 0 Å². The van der Waals surface area contributed by atoms with Gasteiger partial charge in [0.05, 0.1) is 24.3 Å². The number of nitrogens with zero attached hydrogens (tertiary/aromatic N) is 6. The largest absolute Gasteiger partial charge is 0.480 e. The monoisotopic (exact) mass is 416 g/mol. The number of anilines is 1. The summed E-state index contributed by atoms with van der Waals surface area (Å²) in [4.78, 5) is 14.7. The number of imidazole rings is 1. The molecule has 0 N–H and O–H groups in total. The number of aromatic nitrogens is 4. The molecule has 1 aliphatic rings. The lowest BCUT2D eigenvalue weighted by Crippen LogP contribution is -2.48. The van der Waals surface area contributed by atoms with Gasteiger partial charge in [-0.25, -0.2) is 23.4 Å². The topological polar surface area (TPSA) is 93.5 Å². The van der Waals surface area contributed by atoms with Gasteiger partial charge in [-0.1, -0.05) is 0 Å². The van der Waals surface area contributed by atoms with Crippen LogP contribution in [0.1, 0.15) is 19.9 Å². The fraction of sp³-hybridized carbons (Fsp3) is 0.421. The van der Waals surface area contributed by atoms with Crippen molar-refractivity contribution >= 4 is 26.6 Å². The summed E-state index contributed by atoms with van der Waals surface area (Å²) in [6, 6.07) is 6.07. The number of hydrogen-bond donors (Lipinski definition) is 0. The summed E-state index contributed by atoms with van der Waals surface area (Å²) in [5.74, 6) is 0.527. The van der Waals surface area contributed by atoms with Gasteiger partial charge in [-0.2, -0.15) is 4.31 Å². The summed E-state index contributed by atoms with van der Waals surface area (Å²) in [6.45, 7) is 5.95. The van der Waals surface area contributed by atoms with E-state index in [4.69, 9.17) is 4.74 Å². The molecule has 29 heavy (non-hydrogen) atoms. The maximum atomic E-state index is 12.9. The summed E-state index contributed by atoms with van der Waals surface area (Å²) in [6.07, 6.45) is 4.64. The van der Waals surface area contributed by atoms with Crippen LogP contribution in [0.4, 0.5) is 5.69 Å². The number of benzene rings is 1. The van der Waals surface area contributed by atoms with Crippen LogP contribution in [0.15, 0.2) is 42.1 Å². The van der Waals surface area contributed by atoms with Gasteiger partial charge >= 0.3 is 0 Å². The molecule has 3 heterocycles. The molecule has 3 aromatic rings. The van der Waals surface area contributed by atoms with E-state index in [2.05, 4.69) is 19.9 Å². The van der Waals surface area contributed by atoms with E-state index in [0.29, 0.717) is 32.1 Å². The maximum absolute atomic E-state index is 12.9. The molecule has 4 rings (SSSR count). The molecule has 0 aliphatic carbocycles. The Morgan fingerprint density at radius 2 is 1.83 bits per heavy atom. The van der Waals surface area contributed by atoms with Gasteiger partial charge in [0.25, 0.3) is 10.0 Å². The molecule has 0 bridgehead atoms. The van der Waals surface area contributed by atoms with Gasteiger partial charge in [-0.3, -0.25) is 0 Å². The van der Waals surface area contributed by atoms with E-state index >= 15 is 0 Å². The number of ether oxygens (including phenoxy) is 1. The van der Waals surface area contributed by atoms with E-state index < -0.39 is 10.0 Å². The zero-order valence-corrected chi connectivity index (χ0v) is 17.5. The first-order valence-corrected chi connectivity index (χ1v) is 10.9. The Kier molecular flexibility index (Phi) is 5.13. The molecule has 0 amide bonds. The molecular weight excluding hydrogens is 392 g/mol. The van der Waals surface area contributed by atoms with Crippen LogP contribution < -0.4 is 9.64 Å². The van der Waals surface area contributed by atoms with Crippen molar-refractivity contribution in [2.45, 2.75) is 24.9 Å². The predicted octanol–water partition coefficient (Wildman–Crippen LogP) is 1.93. The maximum Gasteiger partial charge on any atom is 0.262 e. The number of rotatable bonds is 5. The zero-order valence-electron chi connectivity index (χ0n) is 16.7. The van der Waals surface area contributed by atoms with E-state index in [1.165, 1.54) is 10.6 Å². The second kappa shape index (κ2) is 7.60. The quantitative estimate of drug-likeness (QED) is 0.627. The van der Waals surface area contributed by atoms with Crippen molar-refractivity contribution in [1.82, 2.24) is 23.8 Å². The lowest BCUT2D eigenvalue weighted by Gasteiger charge is -2.35. The van der Waals surface area contributed by atoms with Crippen molar-refractivity contribution in [2.75, 3.05) is 38.2 Å². The van der Waals surface area contributed by atoms with E-state index in [1.54, 1.807) is 24.2 Å². The average Bonchev–Trinajstić information content (AvgIpc) is 3.24. The molecule has 9 nitrogen and oxygen atoms in total. The molecule has 1 saturated heterocycles. The summed E-state index contributed by atoms with van der Waals surface area (Å²) >= 11 is 0. The van der Waals surface area contributed by atoms with E-state index in [0.717, 1.165) is 16.6 Å². The number of sulfonamides is 1. The molecule has 0 saturated carbocycles. The molecule has 1 aromatic carbocycles. The highest BCUT2D eigenvalue weighted by molar-refractivity contribution is 7.89. The van der Waals surface area contributed by atoms with Crippen LogP contribution in [0, 0.1) is 0 Å². The third-order valence-electron chi connectivity index (χ3n) is 5.16. The molecule has 2 aromatic heterocycles. The number of methoxy groups -OCH3 is 1. The van der Waals surface area contributed by atoms with Crippen LogP contribution in [0.5, 0.6) is 5.88 Å². The Labute approximate surface area is 170 Å². The minimum absolute atomic E-state index is 0.104. The third-order valence-corrected chi connectivity index (χ3v) is 6.94. The van der Waals surface area contributed by atoms with Crippen molar-refractivity contribution in [1.29, 1.82) is 0 Å². The second-order valence-corrected chi connectivity index (χ2v) is 9.11. The van der Waals surface area contributed by atoms with Gasteiger partial charge in [0.15, 0.2) is 5.03 Å². The summed E-state index contributed by atoms with van der Waals surface area (Å²) in [5, 5.41) is 0.939. The minimum atomic E-state index is -3.59. The van der Waals surface area contributed by atoms with E-state index in [-0.39, 0.29) is 11.1 Å². The Morgan fingerprint density at radius 1 is 1.07 bits per heavy atom. The molecule has 1 aliphatic heterocycles. The van der Waals surface area contributed by atoms with Gasteiger partial charge in [-0.05, 0) is 32.0 Å². The highest BCUT2D eigenvalue weighted by atomic mass is 32.2. The van der Waals surface area contributed by atoms with Crippen molar-refractivity contribution in [3.05, 3.63) is 37.1 Å². The average molecular weight is 417 g/mol. The van der Waals surface area contributed by atoms with Crippen LogP contribution in [0.25, 0.3) is 10.9 Å². The molecule has 154 valence electrons. The Hall–Kier alpha value is -2.72. The van der Waals surface area contributed by atoms with Gasteiger partial charge in [-0.15, -0.1) is 0 Å². The summed E-state index contributed by atoms with van der Waals surface area (Å²) in [7, 11) is -2.01. The second-order valence-electron chi connectivity index (χ2n) is 7.23. The highest BCUT2D eigenvalue weighted by Crippen LogP contribution is 2.28. The van der Waals surface area contributed by atoms with Crippen molar-refractivity contribution < 1.29 is 13.2 Å². The Bertz CT molecular complexity index is 1120. The minimum Gasteiger partial charge on any atom is -0.480 e. The molecule has 1 fully saturated rings. The van der Waals surface area contributed by atoms with Gasteiger partial charge in [0.1, 0.15) is 6.33 Å². The first-order chi connectivity index (χ1) is 13.9. The predicted molar refractivity (Wildman–Crippen MR) is 110 cm³/mol. The fourth-order valence-electron chi connectivity index (χ4n) is 3.43. The van der Waals surface area contributed by atoms with Gasteiger partial charge in [0, 0.05) is 44.1 Å². The molecule has 0 spiro atoms. The first kappa shape index (κ1) is 19.6. The zero-order chi connectivity index (χ0) is 20.6. The number of piperazine rings is 1.